The van der Waals surface area contributed by atoms with Crippen molar-refractivity contribution in [3.63, 3.8) is 0 Å². The van der Waals surface area contributed by atoms with Crippen LogP contribution in [0.15, 0.2) is 36.4 Å². The number of anilines is 1. The summed E-state index contributed by atoms with van der Waals surface area (Å²) in [4.78, 5) is 24.2. The van der Waals surface area contributed by atoms with E-state index in [0.29, 0.717) is 24.7 Å². The Morgan fingerprint density at radius 3 is 2.39 bits per heavy atom. The highest BCUT2D eigenvalue weighted by Crippen LogP contribution is 2.31. The van der Waals surface area contributed by atoms with E-state index in [1.54, 1.807) is 6.08 Å². The number of carbonyl (C=O) groups excluding carboxylic acids is 2. The number of amides is 2. The van der Waals surface area contributed by atoms with E-state index in [1.807, 2.05) is 51.1 Å². The van der Waals surface area contributed by atoms with Gasteiger partial charge in [0.15, 0.2) is 11.5 Å². The summed E-state index contributed by atoms with van der Waals surface area (Å²) in [6.07, 6.45) is 3.06. The first-order valence-electron chi connectivity index (χ1n) is 9.15. The van der Waals surface area contributed by atoms with Gasteiger partial charge in [0.05, 0.1) is 6.54 Å². The van der Waals surface area contributed by atoms with Gasteiger partial charge in [-0.15, -0.1) is 0 Å². The molecule has 1 aliphatic rings. The van der Waals surface area contributed by atoms with Crippen LogP contribution in [-0.2, 0) is 9.59 Å². The molecule has 0 saturated carbocycles. The predicted octanol–water partition coefficient (Wildman–Crippen LogP) is 3.15. The number of benzene rings is 2. The number of hydrogen-bond acceptors (Lipinski definition) is 4. The van der Waals surface area contributed by atoms with Crippen LogP contribution in [0.1, 0.15) is 22.3 Å². The lowest BCUT2D eigenvalue weighted by Gasteiger charge is -2.18. The Morgan fingerprint density at radius 1 is 1.00 bits per heavy atom. The van der Waals surface area contributed by atoms with Crippen LogP contribution in [0, 0.1) is 20.8 Å². The van der Waals surface area contributed by atoms with Crippen molar-refractivity contribution in [2.24, 2.45) is 0 Å². The zero-order chi connectivity index (χ0) is 20.1. The second kappa shape index (κ2) is 8.61. The van der Waals surface area contributed by atoms with E-state index in [4.69, 9.17) is 9.47 Å². The quantitative estimate of drug-likeness (QED) is 0.782. The van der Waals surface area contributed by atoms with Gasteiger partial charge in [0.25, 0.3) is 0 Å². The lowest BCUT2D eigenvalue weighted by molar-refractivity contribution is -0.121. The number of rotatable bonds is 5. The van der Waals surface area contributed by atoms with E-state index >= 15 is 0 Å². The number of ether oxygens (including phenoxy) is 2. The van der Waals surface area contributed by atoms with Crippen LogP contribution < -0.4 is 20.1 Å². The summed E-state index contributed by atoms with van der Waals surface area (Å²) in [5, 5.41) is 5.45. The fraction of sp³-hybridized carbons (Fsp3) is 0.273. The molecule has 0 fully saturated rings. The Kier molecular flexibility index (Phi) is 5.99. The molecule has 146 valence electrons. The van der Waals surface area contributed by atoms with Crippen LogP contribution in [0.5, 0.6) is 11.5 Å². The van der Waals surface area contributed by atoms with Crippen LogP contribution in [0.3, 0.4) is 0 Å². The summed E-state index contributed by atoms with van der Waals surface area (Å²) >= 11 is 0. The Bertz CT molecular complexity index is 911. The van der Waals surface area contributed by atoms with Crippen LogP contribution in [0.4, 0.5) is 5.69 Å². The Morgan fingerprint density at radius 2 is 1.68 bits per heavy atom. The number of carbonyl (C=O) groups is 2. The average molecular weight is 380 g/mol. The molecule has 0 atom stereocenters. The van der Waals surface area contributed by atoms with Crippen molar-refractivity contribution in [1.29, 1.82) is 0 Å². The highest BCUT2D eigenvalue weighted by molar-refractivity contribution is 5.98. The Labute approximate surface area is 164 Å². The minimum atomic E-state index is -0.345. The largest absolute Gasteiger partial charge is 0.486 e. The average Bonchev–Trinajstić information content (AvgIpc) is 2.67. The molecule has 6 heteroatoms. The van der Waals surface area contributed by atoms with Crippen LogP contribution >= 0.6 is 0 Å². The zero-order valence-corrected chi connectivity index (χ0v) is 16.3. The maximum atomic E-state index is 12.2. The van der Waals surface area contributed by atoms with Gasteiger partial charge in [0, 0.05) is 11.8 Å². The molecule has 3 rings (SSSR count). The van der Waals surface area contributed by atoms with Gasteiger partial charge < -0.3 is 20.1 Å². The molecule has 28 heavy (non-hydrogen) atoms. The molecule has 0 saturated heterocycles. The van der Waals surface area contributed by atoms with Crippen LogP contribution in [-0.4, -0.2) is 31.6 Å². The Hall–Kier alpha value is -3.28. The van der Waals surface area contributed by atoms with Gasteiger partial charge in [0.2, 0.25) is 11.8 Å². The summed E-state index contributed by atoms with van der Waals surface area (Å²) < 4.78 is 11.0. The molecule has 6 nitrogen and oxygen atoms in total. The summed E-state index contributed by atoms with van der Waals surface area (Å²) in [7, 11) is 0. The first-order valence-corrected chi connectivity index (χ1v) is 9.15. The number of hydrogen-bond donors (Lipinski definition) is 2. The minimum Gasteiger partial charge on any atom is -0.486 e. The molecule has 0 spiro atoms. The monoisotopic (exact) mass is 380 g/mol. The minimum absolute atomic E-state index is 0.100. The lowest BCUT2D eigenvalue weighted by Crippen LogP contribution is -2.32. The van der Waals surface area contributed by atoms with Gasteiger partial charge in [-0.2, -0.15) is 0 Å². The molecule has 2 N–H and O–H groups in total. The molecule has 2 aromatic rings. The van der Waals surface area contributed by atoms with Gasteiger partial charge in [-0.1, -0.05) is 23.8 Å². The topological polar surface area (TPSA) is 76.7 Å². The van der Waals surface area contributed by atoms with E-state index in [-0.39, 0.29) is 18.4 Å². The maximum absolute atomic E-state index is 12.2. The SMILES string of the molecule is Cc1cc(C)c(NC(=O)CNC(=O)/C=C/c2ccc3c(c2)OCCO3)c(C)c1. The van der Waals surface area contributed by atoms with Gasteiger partial charge in [-0.3, -0.25) is 9.59 Å². The molecule has 0 aliphatic carbocycles. The third-order valence-electron chi connectivity index (χ3n) is 4.36. The number of aryl methyl sites for hydroxylation is 3. The molecule has 1 heterocycles. The highest BCUT2D eigenvalue weighted by Gasteiger charge is 2.11. The smallest absolute Gasteiger partial charge is 0.244 e. The maximum Gasteiger partial charge on any atom is 0.244 e. The molecule has 0 aromatic heterocycles. The summed E-state index contributed by atoms with van der Waals surface area (Å²) in [6, 6.07) is 9.49. The second-order valence-electron chi connectivity index (χ2n) is 6.78. The fourth-order valence-corrected chi connectivity index (χ4v) is 3.12. The molecule has 0 unspecified atom stereocenters. The zero-order valence-electron chi connectivity index (χ0n) is 16.3. The second-order valence-corrected chi connectivity index (χ2v) is 6.78. The van der Waals surface area contributed by atoms with Crippen molar-refractivity contribution < 1.29 is 19.1 Å². The highest BCUT2D eigenvalue weighted by atomic mass is 16.6. The molecule has 0 radical (unpaired) electrons. The molecule has 2 amide bonds. The van der Waals surface area contributed by atoms with Crippen molar-refractivity contribution in [1.82, 2.24) is 5.32 Å². The summed E-state index contributed by atoms with van der Waals surface area (Å²) in [6.45, 7) is 6.86. The summed E-state index contributed by atoms with van der Waals surface area (Å²) in [5.74, 6) is 0.752. The van der Waals surface area contributed by atoms with Crippen molar-refractivity contribution in [3.05, 3.63) is 58.7 Å². The number of fused-ring (bicyclic) bond motifs is 1. The third-order valence-corrected chi connectivity index (χ3v) is 4.36. The first kappa shape index (κ1) is 19.5. The van der Waals surface area contributed by atoms with Crippen molar-refractivity contribution in [2.75, 3.05) is 25.1 Å². The summed E-state index contributed by atoms with van der Waals surface area (Å²) in [5.41, 5.74) is 4.74. The van der Waals surface area contributed by atoms with Crippen molar-refractivity contribution in [2.45, 2.75) is 20.8 Å². The fourth-order valence-electron chi connectivity index (χ4n) is 3.12. The van der Waals surface area contributed by atoms with E-state index in [2.05, 4.69) is 10.6 Å². The van der Waals surface area contributed by atoms with Crippen molar-refractivity contribution >= 4 is 23.6 Å². The van der Waals surface area contributed by atoms with E-state index in [1.165, 1.54) is 6.08 Å². The lowest BCUT2D eigenvalue weighted by atomic mass is 10.1. The normalized spacial score (nSPS) is 12.7. The molecule has 0 bridgehead atoms. The van der Waals surface area contributed by atoms with E-state index in [0.717, 1.165) is 27.9 Å². The van der Waals surface area contributed by atoms with Gasteiger partial charge in [-0.25, -0.2) is 0 Å². The molecular weight excluding hydrogens is 356 g/mol. The van der Waals surface area contributed by atoms with E-state index < -0.39 is 0 Å². The van der Waals surface area contributed by atoms with Gasteiger partial charge in [-0.05, 0) is 55.7 Å². The van der Waals surface area contributed by atoms with Crippen LogP contribution in [0.25, 0.3) is 6.08 Å². The first-order chi connectivity index (χ1) is 13.4. The molecule has 2 aromatic carbocycles. The molecule has 1 aliphatic heterocycles. The van der Waals surface area contributed by atoms with Gasteiger partial charge in [0.1, 0.15) is 13.2 Å². The standard InChI is InChI=1S/C22H24N2O4/c1-14-10-15(2)22(16(3)11-14)24-21(26)13-23-20(25)7-5-17-4-6-18-19(12-17)28-9-8-27-18/h4-7,10-12H,8-9,13H2,1-3H3,(H,23,25)(H,24,26)/b7-5+. The Balaban J connectivity index is 1.53. The van der Waals surface area contributed by atoms with Crippen molar-refractivity contribution in [3.8, 4) is 11.5 Å². The number of nitrogens with one attached hydrogen (secondary N) is 2. The molecular formula is C22H24N2O4. The van der Waals surface area contributed by atoms with E-state index in [9.17, 15) is 9.59 Å². The van der Waals surface area contributed by atoms with Crippen LogP contribution in [0.2, 0.25) is 0 Å². The predicted molar refractivity (Wildman–Crippen MR) is 109 cm³/mol. The third kappa shape index (κ3) is 4.91. The van der Waals surface area contributed by atoms with Gasteiger partial charge >= 0.3 is 0 Å².